The van der Waals surface area contributed by atoms with Crippen molar-refractivity contribution in [2.45, 2.75) is 12.8 Å². The van der Waals surface area contributed by atoms with E-state index in [1.54, 1.807) is 0 Å². The lowest BCUT2D eigenvalue weighted by Gasteiger charge is -2.05. The summed E-state index contributed by atoms with van der Waals surface area (Å²) < 4.78 is 0. The maximum Gasteiger partial charge on any atom is 0.00766 e. The Bertz CT molecular complexity index is 86.1. The van der Waals surface area contributed by atoms with E-state index in [1.165, 1.54) is 12.8 Å². The van der Waals surface area contributed by atoms with Crippen LogP contribution in [0.5, 0.6) is 0 Å². The van der Waals surface area contributed by atoms with Crippen LogP contribution in [0, 0.1) is 0 Å². The van der Waals surface area contributed by atoms with Gasteiger partial charge in [-0.3, -0.25) is 0 Å². The Kier molecular flexibility index (Phi) is 12.7. The first-order valence-electron chi connectivity index (χ1n) is 5.62. The second-order valence-electron chi connectivity index (χ2n) is 3.41. The summed E-state index contributed by atoms with van der Waals surface area (Å²) in [7, 11) is 3.97. The van der Waals surface area contributed by atoms with Crippen LogP contribution < -0.4 is 21.3 Å². The van der Waals surface area contributed by atoms with Crippen molar-refractivity contribution in [2.75, 3.05) is 53.4 Å². The minimum atomic E-state index is 1.05. The first-order chi connectivity index (χ1) is 6.91. The quantitative estimate of drug-likeness (QED) is 0.338. The van der Waals surface area contributed by atoms with Crippen LogP contribution in [0.4, 0.5) is 0 Å². The highest BCUT2D eigenvalue weighted by molar-refractivity contribution is 4.53. The fourth-order valence-corrected chi connectivity index (χ4v) is 1.19. The molecule has 0 rings (SSSR count). The van der Waals surface area contributed by atoms with Crippen LogP contribution in [-0.2, 0) is 0 Å². The maximum atomic E-state index is 3.42. The second kappa shape index (κ2) is 12.8. The van der Waals surface area contributed by atoms with Gasteiger partial charge in [-0.25, -0.2) is 0 Å². The molecule has 4 nitrogen and oxygen atoms in total. The van der Waals surface area contributed by atoms with Gasteiger partial charge < -0.3 is 21.3 Å². The lowest BCUT2D eigenvalue weighted by Crippen LogP contribution is -2.28. The van der Waals surface area contributed by atoms with Crippen molar-refractivity contribution in [3.63, 3.8) is 0 Å². The summed E-state index contributed by atoms with van der Waals surface area (Å²) in [6, 6.07) is 0. The third-order valence-corrected chi connectivity index (χ3v) is 2.04. The summed E-state index contributed by atoms with van der Waals surface area (Å²) in [6.45, 7) is 6.58. The summed E-state index contributed by atoms with van der Waals surface area (Å²) in [5.41, 5.74) is 0. The zero-order valence-corrected chi connectivity index (χ0v) is 9.66. The summed E-state index contributed by atoms with van der Waals surface area (Å²) >= 11 is 0. The zero-order chi connectivity index (χ0) is 10.5. The van der Waals surface area contributed by atoms with E-state index in [2.05, 4.69) is 21.3 Å². The third kappa shape index (κ3) is 11.8. The molecular weight excluding hydrogens is 176 g/mol. The van der Waals surface area contributed by atoms with E-state index in [0.29, 0.717) is 0 Å². The standard InChI is InChI=1S/C10H26N4/c1-11-5-3-6-13-7-4-8-14-10-9-12-2/h11-14H,3-10H2,1-2H3. The van der Waals surface area contributed by atoms with Crippen molar-refractivity contribution in [3.8, 4) is 0 Å². The van der Waals surface area contributed by atoms with Crippen LogP contribution in [0.1, 0.15) is 12.8 Å². The molecule has 0 amide bonds. The predicted molar refractivity (Wildman–Crippen MR) is 62.8 cm³/mol. The highest BCUT2D eigenvalue weighted by atomic mass is 14.9. The Balaban J connectivity index is 2.78. The minimum Gasteiger partial charge on any atom is -0.320 e. The monoisotopic (exact) mass is 202 g/mol. The molecular formula is C10H26N4. The van der Waals surface area contributed by atoms with Crippen molar-refractivity contribution in [1.29, 1.82) is 0 Å². The summed E-state index contributed by atoms with van der Waals surface area (Å²) in [4.78, 5) is 0. The molecule has 0 aliphatic rings. The van der Waals surface area contributed by atoms with Gasteiger partial charge in [-0.1, -0.05) is 0 Å². The Morgan fingerprint density at radius 2 is 1.07 bits per heavy atom. The molecule has 0 heterocycles. The molecule has 14 heavy (non-hydrogen) atoms. The van der Waals surface area contributed by atoms with Crippen LogP contribution in [0.25, 0.3) is 0 Å². The van der Waals surface area contributed by atoms with Gasteiger partial charge in [0.05, 0.1) is 0 Å². The van der Waals surface area contributed by atoms with Crippen LogP contribution in [0.2, 0.25) is 0 Å². The first-order valence-corrected chi connectivity index (χ1v) is 5.62. The molecule has 0 unspecified atom stereocenters. The Hall–Kier alpha value is -0.160. The second-order valence-corrected chi connectivity index (χ2v) is 3.41. The predicted octanol–water partition coefficient (Wildman–Crippen LogP) is -0.615. The normalized spacial score (nSPS) is 10.7. The maximum absolute atomic E-state index is 3.42. The smallest absolute Gasteiger partial charge is 0.00766 e. The van der Waals surface area contributed by atoms with E-state index in [4.69, 9.17) is 0 Å². The number of hydrogen-bond donors (Lipinski definition) is 4. The molecule has 4 N–H and O–H groups in total. The number of hydrogen-bond acceptors (Lipinski definition) is 4. The van der Waals surface area contributed by atoms with Gasteiger partial charge in [0.1, 0.15) is 0 Å². The third-order valence-electron chi connectivity index (χ3n) is 2.04. The molecule has 0 atom stereocenters. The Labute approximate surface area is 88.2 Å². The van der Waals surface area contributed by atoms with Crippen LogP contribution in [-0.4, -0.2) is 53.4 Å². The summed E-state index contributed by atoms with van der Waals surface area (Å²) in [5.74, 6) is 0. The highest BCUT2D eigenvalue weighted by Crippen LogP contribution is 1.75. The molecule has 0 fully saturated rings. The van der Waals surface area contributed by atoms with Gasteiger partial charge in [0, 0.05) is 13.1 Å². The number of rotatable bonds is 11. The highest BCUT2D eigenvalue weighted by Gasteiger charge is 1.88. The van der Waals surface area contributed by atoms with Crippen LogP contribution >= 0.6 is 0 Å². The van der Waals surface area contributed by atoms with Gasteiger partial charge in [0.2, 0.25) is 0 Å². The molecule has 0 aromatic rings. The van der Waals surface area contributed by atoms with E-state index in [9.17, 15) is 0 Å². The molecule has 0 aliphatic carbocycles. The van der Waals surface area contributed by atoms with E-state index in [1.807, 2.05) is 14.1 Å². The van der Waals surface area contributed by atoms with Crippen molar-refractivity contribution in [1.82, 2.24) is 21.3 Å². The average molecular weight is 202 g/mol. The molecule has 0 saturated carbocycles. The topological polar surface area (TPSA) is 48.1 Å². The van der Waals surface area contributed by atoms with Gasteiger partial charge in [0.25, 0.3) is 0 Å². The van der Waals surface area contributed by atoms with Crippen molar-refractivity contribution < 1.29 is 0 Å². The Morgan fingerprint density at radius 1 is 0.571 bits per heavy atom. The molecule has 4 heteroatoms. The minimum absolute atomic E-state index is 1.05. The number of likely N-dealkylation sites (N-methyl/N-ethyl adjacent to an activating group) is 1. The van der Waals surface area contributed by atoms with E-state index < -0.39 is 0 Å². The van der Waals surface area contributed by atoms with Crippen molar-refractivity contribution >= 4 is 0 Å². The molecule has 0 saturated heterocycles. The fourth-order valence-electron chi connectivity index (χ4n) is 1.19. The lowest BCUT2D eigenvalue weighted by molar-refractivity contribution is 0.572. The summed E-state index contributed by atoms with van der Waals surface area (Å²) in [5, 5.41) is 13.0. The zero-order valence-electron chi connectivity index (χ0n) is 9.66. The molecule has 0 radical (unpaired) electrons. The number of nitrogens with one attached hydrogen (secondary N) is 4. The van der Waals surface area contributed by atoms with Crippen LogP contribution in [0.15, 0.2) is 0 Å². The molecule has 0 aliphatic heterocycles. The van der Waals surface area contributed by atoms with Crippen LogP contribution in [0.3, 0.4) is 0 Å². The molecule has 86 valence electrons. The molecule has 0 aromatic heterocycles. The first kappa shape index (κ1) is 13.8. The fraction of sp³-hybridized carbons (Fsp3) is 1.00. The molecule has 0 spiro atoms. The van der Waals surface area contributed by atoms with E-state index >= 15 is 0 Å². The Morgan fingerprint density at radius 3 is 1.64 bits per heavy atom. The van der Waals surface area contributed by atoms with Gasteiger partial charge in [0.15, 0.2) is 0 Å². The molecule has 0 bridgehead atoms. The van der Waals surface area contributed by atoms with Crippen molar-refractivity contribution in [3.05, 3.63) is 0 Å². The van der Waals surface area contributed by atoms with Gasteiger partial charge >= 0.3 is 0 Å². The van der Waals surface area contributed by atoms with Crippen molar-refractivity contribution in [2.24, 2.45) is 0 Å². The van der Waals surface area contributed by atoms with Gasteiger partial charge in [-0.05, 0) is 53.1 Å². The average Bonchev–Trinajstić information content (AvgIpc) is 2.21. The van der Waals surface area contributed by atoms with Gasteiger partial charge in [-0.2, -0.15) is 0 Å². The molecule has 0 aromatic carbocycles. The van der Waals surface area contributed by atoms with Gasteiger partial charge in [-0.15, -0.1) is 0 Å². The van der Waals surface area contributed by atoms with E-state index in [-0.39, 0.29) is 0 Å². The summed E-state index contributed by atoms with van der Waals surface area (Å²) in [6.07, 6.45) is 2.42. The largest absolute Gasteiger partial charge is 0.320 e. The van der Waals surface area contributed by atoms with E-state index in [0.717, 1.165) is 39.3 Å². The lowest BCUT2D eigenvalue weighted by atomic mass is 10.3. The SMILES string of the molecule is CNCCCNCCCNCCNC.